The Kier molecular flexibility index (Phi) is 2.21. The predicted molar refractivity (Wildman–Crippen MR) is 46.2 cm³/mol. The van der Waals surface area contributed by atoms with Crippen molar-refractivity contribution in [2.75, 3.05) is 0 Å². The van der Waals surface area contributed by atoms with Crippen LogP contribution in [0.15, 0.2) is 34.9 Å². The molecular formula is C10H5FNO3-. The molecule has 0 unspecified atom stereocenters. The fraction of sp³-hybridized carbons (Fsp3) is 0. The van der Waals surface area contributed by atoms with Crippen LogP contribution >= 0.6 is 0 Å². The summed E-state index contributed by atoms with van der Waals surface area (Å²) in [5, 5.41) is 13.8. The smallest absolute Gasteiger partial charge is 0.182 e. The number of aromatic nitrogens is 1. The van der Waals surface area contributed by atoms with Crippen LogP contribution in [0, 0.1) is 5.82 Å². The quantitative estimate of drug-likeness (QED) is 0.730. The molecule has 0 radical (unpaired) electrons. The molecule has 0 saturated carbocycles. The Bertz CT molecular complexity index is 507. The second-order valence-electron chi connectivity index (χ2n) is 2.84. The van der Waals surface area contributed by atoms with Crippen molar-refractivity contribution in [2.45, 2.75) is 0 Å². The normalized spacial score (nSPS) is 10.2. The number of hydrogen-bond donors (Lipinski definition) is 0. The third kappa shape index (κ3) is 1.71. The molecule has 0 fully saturated rings. The SMILES string of the molecule is O=C([O-])c1cc(-c2ccccc2F)no1. The second kappa shape index (κ2) is 3.53. The molecule has 0 saturated heterocycles. The maximum absolute atomic E-state index is 13.2. The minimum atomic E-state index is -1.48. The van der Waals surface area contributed by atoms with Crippen LogP contribution in [0.5, 0.6) is 0 Å². The molecule has 1 aromatic heterocycles. The number of halogens is 1. The van der Waals surface area contributed by atoms with Gasteiger partial charge in [-0.25, -0.2) is 4.39 Å². The number of nitrogens with zero attached hydrogens (tertiary/aromatic N) is 1. The van der Waals surface area contributed by atoms with Crippen molar-refractivity contribution in [3.05, 3.63) is 41.9 Å². The molecule has 5 heteroatoms. The van der Waals surface area contributed by atoms with Crippen LogP contribution in [-0.2, 0) is 0 Å². The summed E-state index contributed by atoms with van der Waals surface area (Å²) >= 11 is 0. The number of carbonyl (C=O) groups is 1. The van der Waals surface area contributed by atoms with E-state index in [4.69, 9.17) is 0 Å². The van der Waals surface area contributed by atoms with Crippen LogP contribution in [-0.4, -0.2) is 11.1 Å². The van der Waals surface area contributed by atoms with Crippen molar-refractivity contribution in [2.24, 2.45) is 0 Å². The van der Waals surface area contributed by atoms with Gasteiger partial charge in [-0.1, -0.05) is 17.3 Å². The maximum Gasteiger partial charge on any atom is 0.182 e. The monoisotopic (exact) mass is 206 g/mol. The summed E-state index contributed by atoms with van der Waals surface area (Å²) in [7, 11) is 0. The van der Waals surface area contributed by atoms with Gasteiger partial charge >= 0.3 is 0 Å². The fourth-order valence-corrected chi connectivity index (χ4v) is 1.17. The van der Waals surface area contributed by atoms with Gasteiger partial charge in [0.05, 0.1) is 0 Å². The zero-order valence-electron chi connectivity index (χ0n) is 7.44. The Morgan fingerprint density at radius 2 is 2.13 bits per heavy atom. The van der Waals surface area contributed by atoms with Gasteiger partial charge in [-0.15, -0.1) is 0 Å². The third-order valence-corrected chi connectivity index (χ3v) is 1.86. The lowest BCUT2D eigenvalue weighted by atomic mass is 10.1. The molecule has 4 nitrogen and oxygen atoms in total. The van der Waals surface area contributed by atoms with Gasteiger partial charge in [0.15, 0.2) is 5.76 Å². The van der Waals surface area contributed by atoms with Crippen LogP contribution in [0.3, 0.4) is 0 Å². The lowest BCUT2D eigenvalue weighted by Gasteiger charge is -1.95. The molecule has 0 aliphatic rings. The number of rotatable bonds is 2. The molecule has 76 valence electrons. The highest BCUT2D eigenvalue weighted by Gasteiger charge is 2.10. The van der Waals surface area contributed by atoms with Crippen LogP contribution in [0.25, 0.3) is 11.3 Å². The van der Waals surface area contributed by atoms with E-state index in [0.717, 1.165) is 6.07 Å². The van der Waals surface area contributed by atoms with E-state index in [1.807, 2.05) is 0 Å². The number of benzene rings is 1. The summed E-state index contributed by atoms with van der Waals surface area (Å²) in [5.41, 5.74) is 0.320. The van der Waals surface area contributed by atoms with Gasteiger partial charge in [0.2, 0.25) is 0 Å². The Labute approximate surface area is 83.9 Å². The number of carboxylic acids is 1. The number of aromatic carboxylic acids is 1. The van der Waals surface area contributed by atoms with Crippen molar-refractivity contribution in [3.8, 4) is 11.3 Å². The van der Waals surface area contributed by atoms with Crippen molar-refractivity contribution in [1.29, 1.82) is 0 Å². The molecule has 2 rings (SSSR count). The predicted octanol–water partition coefficient (Wildman–Crippen LogP) is 0.844. The average molecular weight is 206 g/mol. The van der Waals surface area contributed by atoms with Crippen molar-refractivity contribution < 1.29 is 18.8 Å². The summed E-state index contributed by atoms with van der Waals surface area (Å²) in [6.07, 6.45) is 0. The van der Waals surface area contributed by atoms with E-state index in [1.54, 1.807) is 6.07 Å². The van der Waals surface area contributed by atoms with Crippen molar-refractivity contribution in [1.82, 2.24) is 5.16 Å². The largest absolute Gasteiger partial charge is 0.541 e. The summed E-state index contributed by atoms with van der Waals surface area (Å²) < 4.78 is 17.7. The summed E-state index contributed by atoms with van der Waals surface area (Å²) in [5.74, 6) is -2.39. The molecule has 1 aromatic carbocycles. The molecule has 0 aliphatic heterocycles. The van der Waals surface area contributed by atoms with E-state index in [1.165, 1.54) is 18.2 Å². The van der Waals surface area contributed by atoms with E-state index in [-0.39, 0.29) is 11.3 Å². The second-order valence-corrected chi connectivity index (χ2v) is 2.84. The van der Waals surface area contributed by atoms with Crippen LogP contribution in [0.4, 0.5) is 4.39 Å². The van der Waals surface area contributed by atoms with Gasteiger partial charge < -0.3 is 14.4 Å². The number of carboxylic acid groups (broad SMARTS) is 1. The number of hydrogen-bond acceptors (Lipinski definition) is 4. The van der Waals surface area contributed by atoms with E-state index in [0.29, 0.717) is 0 Å². The van der Waals surface area contributed by atoms with Gasteiger partial charge in [-0.3, -0.25) is 0 Å². The van der Waals surface area contributed by atoms with Crippen molar-refractivity contribution >= 4 is 5.97 Å². The molecule has 15 heavy (non-hydrogen) atoms. The lowest BCUT2D eigenvalue weighted by molar-refractivity contribution is -0.257. The van der Waals surface area contributed by atoms with Gasteiger partial charge in [0.1, 0.15) is 17.5 Å². The van der Waals surface area contributed by atoms with Crippen LogP contribution < -0.4 is 5.11 Å². The highest BCUT2D eigenvalue weighted by Crippen LogP contribution is 2.21. The van der Waals surface area contributed by atoms with E-state index in [2.05, 4.69) is 9.68 Å². The highest BCUT2D eigenvalue weighted by atomic mass is 19.1. The topological polar surface area (TPSA) is 66.2 Å². The minimum Gasteiger partial charge on any atom is -0.541 e. The molecule has 0 bridgehead atoms. The molecule has 0 spiro atoms. The summed E-state index contributed by atoms with van der Waals surface area (Å²) in [6.45, 7) is 0. The first-order valence-electron chi connectivity index (χ1n) is 4.11. The maximum atomic E-state index is 13.2. The molecule has 0 N–H and O–H groups in total. The van der Waals surface area contributed by atoms with Crippen LogP contribution in [0.1, 0.15) is 10.6 Å². The molecule has 2 aromatic rings. The van der Waals surface area contributed by atoms with E-state index in [9.17, 15) is 14.3 Å². The first kappa shape index (κ1) is 9.39. The van der Waals surface area contributed by atoms with Gasteiger partial charge in [0.25, 0.3) is 0 Å². The number of carbonyl (C=O) groups excluding carboxylic acids is 1. The zero-order valence-corrected chi connectivity index (χ0v) is 7.44. The molecule has 0 amide bonds. The zero-order chi connectivity index (χ0) is 10.8. The van der Waals surface area contributed by atoms with Gasteiger partial charge in [-0.2, -0.15) is 0 Å². The summed E-state index contributed by atoms with van der Waals surface area (Å²) in [6, 6.07) is 6.99. The van der Waals surface area contributed by atoms with Gasteiger partial charge in [0, 0.05) is 11.6 Å². The Morgan fingerprint density at radius 3 is 2.73 bits per heavy atom. The first-order chi connectivity index (χ1) is 7.18. The standard InChI is InChI=1S/C10H6FNO3/c11-7-4-2-1-3-6(7)8-5-9(10(13)14)15-12-8/h1-5H,(H,13,14)/p-1. The van der Waals surface area contributed by atoms with E-state index < -0.39 is 17.5 Å². The van der Waals surface area contributed by atoms with Crippen LogP contribution in [0.2, 0.25) is 0 Å². The third-order valence-electron chi connectivity index (χ3n) is 1.86. The lowest BCUT2D eigenvalue weighted by Crippen LogP contribution is -2.21. The Balaban J connectivity index is 2.46. The first-order valence-corrected chi connectivity index (χ1v) is 4.11. The van der Waals surface area contributed by atoms with Gasteiger partial charge in [-0.05, 0) is 12.1 Å². The summed E-state index contributed by atoms with van der Waals surface area (Å²) in [4.78, 5) is 10.4. The Hall–Kier alpha value is -2.17. The fourth-order valence-electron chi connectivity index (χ4n) is 1.17. The molecule has 0 atom stereocenters. The van der Waals surface area contributed by atoms with Crippen molar-refractivity contribution in [3.63, 3.8) is 0 Å². The average Bonchev–Trinajstić information content (AvgIpc) is 2.67. The molecule has 1 heterocycles. The Morgan fingerprint density at radius 1 is 1.40 bits per heavy atom. The molecule has 0 aliphatic carbocycles. The van der Waals surface area contributed by atoms with E-state index >= 15 is 0 Å². The molecular weight excluding hydrogens is 201 g/mol. The highest BCUT2D eigenvalue weighted by molar-refractivity contribution is 5.83. The minimum absolute atomic E-state index is 0.132.